The molecule has 13 nitrogen and oxygen atoms in total. The third kappa shape index (κ3) is 6.86. The molecule has 0 radical (unpaired) electrons. The molecule has 6 rings (SSSR count). The van der Waals surface area contributed by atoms with Crippen LogP contribution in [0.5, 0.6) is 17.2 Å². The first-order chi connectivity index (χ1) is 24.8. The van der Waals surface area contributed by atoms with Crippen LogP contribution in [-0.4, -0.2) is 73.8 Å². The summed E-state index contributed by atoms with van der Waals surface area (Å²) in [6.07, 6.45) is -5.11. The predicted octanol–water partition coefficient (Wildman–Crippen LogP) is 2.47. The zero-order valence-electron chi connectivity index (χ0n) is 28.2. The van der Waals surface area contributed by atoms with Crippen molar-refractivity contribution in [3.63, 3.8) is 0 Å². The third-order valence-corrected chi connectivity index (χ3v) is 9.14. The average Bonchev–Trinajstić information content (AvgIpc) is 3.12. The van der Waals surface area contributed by atoms with Crippen LogP contribution in [0.4, 0.5) is 0 Å². The second-order valence-electron chi connectivity index (χ2n) is 12.7. The highest BCUT2D eigenvalue weighted by Crippen LogP contribution is 2.45. The van der Waals surface area contributed by atoms with Crippen molar-refractivity contribution in [2.24, 2.45) is 11.5 Å². The number of ketones is 2. The minimum atomic E-state index is -1.75. The van der Waals surface area contributed by atoms with Gasteiger partial charge < -0.3 is 51.2 Å². The smallest absolute Gasteiger partial charge is 0.308 e. The van der Waals surface area contributed by atoms with E-state index in [0.29, 0.717) is 11.1 Å². The van der Waals surface area contributed by atoms with Gasteiger partial charge in [-0.05, 0) is 47.4 Å². The van der Waals surface area contributed by atoms with Gasteiger partial charge in [0.05, 0.1) is 24.4 Å². The van der Waals surface area contributed by atoms with E-state index in [-0.39, 0.29) is 56.9 Å². The van der Waals surface area contributed by atoms with Crippen molar-refractivity contribution in [3.8, 4) is 17.2 Å². The van der Waals surface area contributed by atoms with Crippen LogP contribution < -0.4 is 20.9 Å². The Morgan fingerprint density at radius 2 is 1.62 bits per heavy atom. The summed E-state index contributed by atoms with van der Waals surface area (Å²) in [5, 5.41) is 53.9. The molecule has 9 N–H and O–H groups in total. The molecule has 4 aromatic carbocycles. The summed E-state index contributed by atoms with van der Waals surface area (Å²) >= 11 is 0. The van der Waals surface area contributed by atoms with Crippen molar-refractivity contribution in [2.75, 3.05) is 0 Å². The number of phenols is 1. The molecule has 0 spiro atoms. The Hall–Kier alpha value is -5.25. The molecule has 1 saturated heterocycles. The number of ether oxygens (including phenoxy) is 3. The topological polar surface area (TPSA) is 232 Å². The van der Waals surface area contributed by atoms with E-state index in [1.54, 1.807) is 54.6 Å². The van der Waals surface area contributed by atoms with Crippen LogP contribution in [0.2, 0.25) is 0 Å². The second-order valence-corrected chi connectivity index (χ2v) is 12.7. The standard InChI is InChI=1S/C39H38N2O11/c1-18-32(44)36(48)37(49)39(50-18)52-28-16-26-31(33(45)25(28)14-21-9-6-10-22(13-21)38(40)41)35(47)29-23(17-42)15-27(51-19(2)43)24(30(29)34(26)46)12-11-20-7-4-3-5-8-20/h3-13,15-16,18,32,36-39,42,44-45,48-49H,14,17,40-41H2,1-2H3/b12-11-/t18-,32+,36+,37+,39+/m0/s1. The lowest BCUT2D eigenvalue weighted by molar-refractivity contribution is -0.268. The van der Waals surface area contributed by atoms with Crippen LogP contribution in [0.25, 0.3) is 12.2 Å². The molecule has 1 aliphatic heterocycles. The van der Waals surface area contributed by atoms with Crippen LogP contribution in [-0.2, 0) is 22.6 Å². The number of rotatable bonds is 9. The largest absolute Gasteiger partial charge is 0.507 e. The quantitative estimate of drug-likeness (QED) is 0.0505. The maximum Gasteiger partial charge on any atom is 0.308 e. The van der Waals surface area contributed by atoms with Gasteiger partial charge in [-0.1, -0.05) is 60.7 Å². The van der Waals surface area contributed by atoms with Gasteiger partial charge in [0, 0.05) is 41.2 Å². The monoisotopic (exact) mass is 710 g/mol. The van der Waals surface area contributed by atoms with Gasteiger partial charge >= 0.3 is 5.97 Å². The van der Waals surface area contributed by atoms with Gasteiger partial charge in [0.2, 0.25) is 6.29 Å². The molecule has 0 bridgehead atoms. The number of fused-ring (bicyclic) bond motifs is 2. The number of aliphatic hydroxyl groups is 4. The highest BCUT2D eigenvalue weighted by molar-refractivity contribution is 6.31. The van der Waals surface area contributed by atoms with E-state index < -0.39 is 66.8 Å². The van der Waals surface area contributed by atoms with Crippen molar-refractivity contribution in [2.45, 2.75) is 63.7 Å². The molecule has 2 aliphatic rings. The SMILES string of the molecule is CC(=O)Oc1cc(CO)c2c(c1/C=C\c1ccccc1)C(=O)c1cc(O[C@H]3O[C@@H](C)[C@@H](O)[C@@H](O)[C@H]3O)c(Cc3cccc(C(N)N)c3)c(O)c1C2=O. The molecular formula is C39H38N2O11. The van der Waals surface area contributed by atoms with E-state index in [1.165, 1.54) is 32.1 Å². The summed E-state index contributed by atoms with van der Waals surface area (Å²) in [6, 6.07) is 18.4. The van der Waals surface area contributed by atoms with E-state index in [0.717, 1.165) is 5.56 Å². The minimum Gasteiger partial charge on any atom is -0.507 e. The maximum atomic E-state index is 14.6. The molecule has 4 aromatic rings. The van der Waals surface area contributed by atoms with Gasteiger partial charge in [0.15, 0.2) is 11.6 Å². The van der Waals surface area contributed by atoms with E-state index in [9.17, 15) is 39.9 Å². The lowest BCUT2D eigenvalue weighted by Crippen LogP contribution is -2.58. The highest BCUT2D eigenvalue weighted by atomic mass is 16.7. The number of esters is 1. The van der Waals surface area contributed by atoms with Crippen LogP contribution >= 0.6 is 0 Å². The molecular weight excluding hydrogens is 672 g/mol. The molecule has 1 heterocycles. The maximum absolute atomic E-state index is 14.6. The Labute approximate surface area is 298 Å². The molecule has 5 atom stereocenters. The Balaban J connectivity index is 1.56. The number of aromatic hydroxyl groups is 1. The average molecular weight is 711 g/mol. The summed E-state index contributed by atoms with van der Waals surface area (Å²) in [5.41, 5.74) is 12.7. The number of phenolic OH excluding ortho intramolecular Hbond substituents is 1. The summed E-state index contributed by atoms with van der Waals surface area (Å²) < 4.78 is 17.2. The Morgan fingerprint density at radius 3 is 2.29 bits per heavy atom. The number of carbonyl (C=O) groups is 3. The molecule has 270 valence electrons. The van der Waals surface area contributed by atoms with E-state index in [2.05, 4.69) is 0 Å². The summed E-state index contributed by atoms with van der Waals surface area (Å²) in [6.45, 7) is 1.92. The normalized spacial score (nSPS) is 21.3. The minimum absolute atomic E-state index is 0.0152. The molecule has 0 amide bonds. The fourth-order valence-electron chi connectivity index (χ4n) is 6.48. The van der Waals surface area contributed by atoms with E-state index >= 15 is 0 Å². The van der Waals surface area contributed by atoms with Crippen molar-refractivity contribution in [1.29, 1.82) is 0 Å². The Kier molecular flexibility index (Phi) is 10.4. The van der Waals surface area contributed by atoms with Gasteiger partial charge in [-0.15, -0.1) is 0 Å². The van der Waals surface area contributed by atoms with Crippen LogP contribution in [0.3, 0.4) is 0 Å². The zero-order valence-corrected chi connectivity index (χ0v) is 28.2. The summed E-state index contributed by atoms with van der Waals surface area (Å²) in [7, 11) is 0. The first kappa shape index (κ1) is 36.5. The summed E-state index contributed by atoms with van der Waals surface area (Å²) in [5.74, 6) is -3.14. The van der Waals surface area contributed by atoms with Gasteiger partial charge in [-0.2, -0.15) is 0 Å². The zero-order chi connectivity index (χ0) is 37.4. The number of hydrogen-bond donors (Lipinski definition) is 7. The molecule has 13 heteroatoms. The van der Waals surface area contributed by atoms with Gasteiger partial charge in [0.1, 0.15) is 35.6 Å². The fourth-order valence-corrected chi connectivity index (χ4v) is 6.48. The molecule has 0 saturated carbocycles. The van der Waals surface area contributed by atoms with Crippen molar-refractivity contribution in [3.05, 3.63) is 122 Å². The molecule has 1 aliphatic carbocycles. The number of hydrogen-bond acceptors (Lipinski definition) is 13. The van der Waals surface area contributed by atoms with Gasteiger partial charge in [-0.3, -0.25) is 14.4 Å². The van der Waals surface area contributed by atoms with Crippen molar-refractivity contribution < 1.29 is 54.1 Å². The molecule has 1 fully saturated rings. The highest BCUT2D eigenvalue weighted by Gasteiger charge is 2.44. The summed E-state index contributed by atoms with van der Waals surface area (Å²) in [4.78, 5) is 41.3. The Morgan fingerprint density at radius 1 is 0.885 bits per heavy atom. The first-order valence-electron chi connectivity index (χ1n) is 16.5. The lowest BCUT2D eigenvalue weighted by atomic mass is 9.77. The Bertz CT molecular complexity index is 2080. The van der Waals surface area contributed by atoms with E-state index in [1.807, 2.05) is 6.07 Å². The van der Waals surface area contributed by atoms with Gasteiger partial charge in [0.25, 0.3) is 0 Å². The number of carbonyl (C=O) groups excluding carboxylic acids is 3. The van der Waals surface area contributed by atoms with E-state index in [4.69, 9.17) is 25.7 Å². The molecule has 52 heavy (non-hydrogen) atoms. The van der Waals surface area contributed by atoms with Crippen LogP contribution in [0, 0.1) is 0 Å². The number of aliphatic hydroxyl groups excluding tert-OH is 4. The third-order valence-electron chi connectivity index (χ3n) is 9.14. The number of benzene rings is 4. The van der Waals surface area contributed by atoms with Crippen molar-refractivity contribution >= 4 is 29.7 Å². The molecule has 0 unspecified atom stereocenters. The van der Waals surface area contributed by atoms with Crippen LogP contribution in [0.1, 0.15) is 85.2 Å². The first-order valence-corrected chi connectivity index (χ1v) is 16.5. The van der Waals surface area contributed by atoms with Gasteiger partial charge in [-0.25, -0.2) is 0 Å². The predicted molar refractivity (Wildman–Crippen MR) is 187 cm³/mol. The second kappa shape index (κ2) is 14.8. The number of nitrogens with two attached hydrogens (primary N) is 2. The van der Waals surface area contributed by atoms with Crippen molar-refractivity contribution in [1.82, 2.24) is 0 Å². The fraction of sp³-hybridized carbons (Fsp3) is 0.256. The lowest BCUT2D eigenvalue weighted by Gasteiger charge is -2.39. The molecule has 0 aromatic heterocycles. The van der Waals surface area contributed by atoms with Crippen LogP contribution in [0.15, 0.2) is 66.7 Å².